The van der Waals surface area contributed by atoms with Gasteiger partial charge in [-0.2, -0.15) is 4.31 Å². The van der Waals surface area contributed by atoms with E-state index in [2.05, 4.69) is 5.32 Å². The molecule has 2 heterocycles. The first-order chi connectivity index (χ1) is 12.4. The van der Waals surface area contributed by atoms with Gasteiger partial charge in [-0.3, -0.25) is 4.79 Å². The van der Waals surface area contributed by atoms with Crippen LogP contribution in [-0.2, 0) is 14.8 Å². The predicted octanol–water partition coefficient (Wildman–Crippen LogP) is 3.41. The molecular weight excluding hydrogens is 352 g/mol. The minimum atomic E-state index is -3.46. The van der Waals surface area contributed by atoms with Crippen LogP contribution in [0.5, 0.6) is 0 Å². The van der Waals surface area contributed by atoms with Gasteiger partial charge in [-0.1, -0.05) is 6.42 Å². The third-order valence-electron chi connectivity index (χ3n) is 4.23. The summed E-state index contributed by atoms with van der Waals surface area (Å²) in [7, 11) is -3.46. The fourth-order valence-corrected chi connectivity index (χ4v) is 4.37. The molecule has 0 aliphatic carbocycles. The largest absolute Gasteiger partial charge is 0.462 e. The molecular formula is C19H22N2O4S. The minimum absolute atomic E-state index is 0.249. The second-order valence-electron chi connectivity index (χ2n) is 6.26. The number of hydrogen-bond donors (Lipinski definition) is 1. The van der Waals surface area contributed by atoms with Crippen LogP contribution in [0.25, 0.3) is 6.08 Å². The topological polar surface area (TPSA) is 79.6 Å². The fourth-order valence-electron chi connectivity index (χ4n) is 2.85. The van der Waals surface area contributed by atoms with Gasteiger partial charge in [0, 0.05) is 24.9 Å². The Morgan fingerprint density at radius 3 is 2.38 bits per heavy atom. The zero-order valence-electron chi connectivity index (χ0n) is 14.6. The number of sulfonamides is 1. The molecule has 0 radical (unpaired) electrons. The minimum Gasteiger partial charge on any atom is -0.462 e. The second-order valence-corrected chi connectivity index (χ2v) is 8.20. The Bertz CT molecular complexity index is 892. The quantitative estimate of drug-likeness (QED) is 0.814. The molecule has 1 aromatic carbocycles. The molecule has 3 rings (SSSR count). The van der Waals surface area contributed by atoms with E-state index in [-0.39, 0.29) is 10.8 Å². The number of anilines is 1. The van der Waals surface area contributed by atoms with Gasteiger partial charge in [0.2, 0.25) is 15.9 Å². The smallest absolute Gasteiger partial charge is 0.248 e. The monoisotopic (exact) mass is 374 g/mol. The molecule has 2 aromatic rings. The molecule has 0 unspecified atom stereocenters. The lowest BCUT2D eigenvalue weighted by molar-refractivity contribution is -0.111. The molecule has 138 valence electrons. The molecule has 26 heavy (non-hydrogen) atoms. The van der Waals surface area contributed by atoms with Crippen LogP contribution >= 0.6 is 0 Å². The Balaban J connectivity index is 1.63. The van der Waals surface area contributed by atoms with Gasteiger partial charge in [0.25, 0.3) is 0 Å². The van der Waals surface area contributed by atoms with Crippen molar-refractivity contribution >= 4 is 27.7 Å². The molecule has 1 aliphatic rings. The maximum Gasteiger partial charge on any atom is 0.248 e. The van der Waals surface area contributed by atoms with E-state index in [0.717, 1.165) is 25.0 Å². The first kappa shape index (κ1) is 18.4. The van der Waals surface area contributed by atoms with E-state index in [4.69, 9.17) is 4.42 Å². The molecule has 6 nitrogen and oxygen atoms in total. The summed E-state index contributed by atoms with van der Waals surface area (Å²) in [5, 5.41) is 2.70. The number of furan rings is 1. The molecule has 1 saturated heterocycles. The second kappa shape index (κ2) is 7.88. The lowest BCUT2D eigenvalue weighted by atomic mass is 10.2. The van der Waals surface area contributed by atoms with Crippen molar-refractivity contribution in [3.05, 3.63) is 54.0 Å². The van der Waals surface area contributed by atoms with Gasteiger partial charge in [-0.25, -0.2) is 8.42 Å². The molecule has 0 bridgehead atoms. The Kier molecular flexibility index (Phi) is 5.58. The van der Waals surface area contributed by atoms with Crippen LogP contribution in [-0.4, -0.2) is 31.7 Å². The summed E-state index contributed by atoms with van der Waals surface area (Å²) in [6, 6.07) is 9.84. The van der Waals surface area contributed by atoms with Crippen molar-refractivity contribution < 1.29 is 17.6 Å². The highest BCUT2D eigenvalue weighted by atomic mass is 32.2. The molecule has 0 atom stereocenters. The van der Waals surface area contributed by atoms with E-state index >= 15 is 0 Å². The first-order valence-corrected chi connectivity index (χ1v) is 10.0. The maximum absolute atomic E-state index is 12.6. The summed E-state index contributed by atoms with van der Waals surface area (Å²) >= 11 is 0. The Hall–Kier alpha value is -2.38. The van der Waals surface area contributed by atoms with E-state index in [1.165, 1.54) is 22.5 Å². The third-order valence-corrected chi connectivity index (χ3v) is 6.15. The number of benzene rings is 1. The van der Waals surface area contributed by atoms with E-state index in [9.17, 15) is 13.2 Å². The number of carbonyl (C=O) groups is 1. The Labute approximate surface area is 153 Å². The summed E-state index contributed by atoms with van der Waals surface area (Å²) in [4.78, 5) is 12.2. The van der Waals surface area contributed by atoms with Gasteiger partial charge in [-0.05, 0) is 62.2 Å². The summed E-state index contributed by atoms with van der Waals surface area (Å²) in [6.45, 7) is 2.96. The SMILES string of the molecule is Cc1ccc(C=CC(=O)Nc2ccc(S(=O)(=O)N3CCCCC3)cc2)o1. The van der Waals surface area contributed by atoms with E-state index in [0.29, 0.717) is 24.5 Å². The average molecular weight is 374 g/mol. The molecule has 0 spiro atoms. The molecule has 1 aliphatic heterocycles. The highest BCUT2D eigenvalue weighted by molar-refractivity contribution is 7.89. The molecule has 1 aromatic heterocycles. The molecule has 7 heteroatoms. The number of rotatable bonds is 5. The van der Waals surface area contributed by atoms with Crippen molar-refractivity contribution in [2.75, 3.05) is 18.4 Å². The van der Waals surface area contributed by atoms with Crippen molar-refractivity contribution in [3.63, 3.8) is 0 Å². The van der Waals surface area contributed by atoms with Gasteiger partial charge in [0.15, 0.2) is 0 Å². The molecule has 1 N–H and O–H groups in total. The van der Waals surface area contributed by atoms with Crippen LogP contribution in [0.4, 0.5) is 5.69 Å². The van der Waals surface area contributed by atoms with Crippen molar-refractivity contribution in [2.24, 2.45) is 0 Å². The standard InChI is InChI=1S/C19H22N2O4S/c1-15-5-8-17(25-15)9-12-19(22)20-16-6-10-18(11-7-16)26(23,24)21-13-3-2-4-14-21/h5-12H,2-4,13-14H2,1H3,(H,20,22). The lowest BCUT2D eigenvalue weighted by Crippen LogP contribution is -2.35. The number of hydrogen-bond acceptors (Lipinski definition) is 4. The number of amides is 1. The van der Waals surface area contributed by atoms with Crippen molar-refractivity contribution in [3.8, 4) is 0 Å². The van der Waals surface area contributed by atoms with Crippen molar-refractivity contribution in [1.82, 2.24) is 4.31 Å². The number of aryl methyl sites for hydroxylation is 1. The summed E-state index contributed by atoms with van der Waals surface area (Å²) < 4.78 is 32.1. The van der Waals surface area contributed by atoms with E-state index in [1.807, 2.05) is 13.0 Å². The van der Waals surface area contributed by atoms with Crippen LogP contribution in [0.1, 0.15) is 30.8 Å². The van der Waals surface area contributed by atoms with Crippen LogP contribution < -0.4 is 5.32 Å². The number of piperidine rings is 1. The zero-order chi connectivity index (χ0) is 18.6. The number of carbonyl (C=O) groups excluding carboxylic acids is 1. The van der Waals surface area contributed by atoms with Gasteiger partial charge in [-0.15, -0.1) is 0 Å². The van der Waals surface area contributed by atoms with Crippen molar-refractivity contribution in [2.45, 2.75) is 31.1 Å². The van der Waals surface area contributed by atoms with E-state index < -0.39 is 10.0 Å². The van der Waals surface area contributed by atoms with Crippen LogP contribution in [0.2, 0.25) is 0 Å². The summed E-state index contributed by atoms with van der Waals surface area (Å²) in [5.41, 5.74) is 0.535. The van der Waals surface area contributed by atoms with Crippen LogP contribution in [0.3, 0.4) is 0 Å². The van der Waals surface area contributed by atoms with Crippen LogP contribution in [0.15, 0.2) is 51.8 Å². The predicted molar refractivity (Wildman–Crippen MR) is 100 cm³/mol. The molecule has 1 fully saturated rings. The third kappa shape index (κ3) is 4.42. The van der Waals surface area contributed by atoms with Crippen molar-refractivity contribution in [1.29, 1.82) is 0 Å². The first-order valence-electron chi connectivity index (χ1n) is 8.61. The lowest BCUT2D eigenvalue weighted by Gasteiger charge is -2.25. The normalized spacial score (nSPS) is 16.0. The number of nitrogens with zero attached hydrogens (tertiary/aromatic N) is 1. The van der Waals surface area contributed by atoms with Gasteiger partial charge >= 0.3 is 0 Å². The zero-order valence-corrected chi connectivity index (χ0v) is 15.5. The molecule has 1 amide bonds. The average Bonchev–Trinajstić information content (AvgIpc) is 3.06. The number of nitrogens with one attached hydrogen (secondary N) is 1. The highest BCUT2D eigenvalue weighted by Gasteiger charge is 2.25. The Morgan fingerprint density at radius 2 is 1.77 bits per heavy atom. The maximum atomic E-state index is 12.6. The highest BCUT2D eigenvalue weighted by Crippen LogP contribution is 2.22. The van der Waals surface area contributed by atoms with E-state index in [1.54, 1.807) is 24.3 Å². The summed E-state index contributed by atoms with van der Waals surface area (Å²) in [6.07, 6.45) is 5.82. The molecule has 0 saturated carbocycles. The van der Waals surface area contributed by atoms with Gasteiger partial charge in [0.05, 0.1) is 4.90 Å². The fraction of sp³-hybridized carbons (Fsp3) is 0.316. The van der Waals surface area contributed by atoms with Crippen LogP contribution in [0, 0.1) is 6.92 Å². The Morgan fingerprint density at radius 1 is 1.08 bits per heavy atom. The van der Waals surface area contributed by atoms with Gasteiger partial charge in [0.1, 0.15) is 11.5 Å². The van der Waals surface area contributed by atoms with Gasteiger partial charge < -0.3 is 9.73 Å². The summed E-state index contributed by atoms with van der Waals surface area (Å²) in [5.74, 6) is 1.06.